The van der Waals surface area contributed by atoms with E-state index in [0.29, 0.717) is 31.0 Å². The molecule has 1 unspecified atom stereocenters. The quantitative estimate of drug-likeness (QED) is 0.451. The van der Waals surface area contributed by atoms with Gasteiger partial charge in [-0.1, -0.05) is 24.3 Å². The summed E-state index contributed by atoms with van der Waals surface area (Å²) in [6.45, 7) is 0.790. The molecule has 0 aromatic heterocycles. The minimum Gasteiger partial charge on any atom is -0.369 e. The molecule has 0 saturated carbocycles. The molecule has 4 N–H and O–H groups in total. The molecule has 2 aromatic carbocycles. The van der Waals surface area contributed by atoms with Crippen LogP contribution in [0.2, 0.25) is 0 Å². The molecule has 0 aliphatic heterocycles. The van der Waals surface area contributed by atoms with E-state index in [2.05, 4.69) is 15.6 Å². The maximum Gasteiger partial charge on any atom is 0.253 e. The summed E-state index contributed by atoms with van der Waals surface area (Å²) in [6.07, 6.45) is 0.404. The van der Waals surface area contributed by atoms with Gasteiger partial charge in [0.25, 0.3) is 5.91 Å². The number of benzene rings is 2. The Morgan fingerprint density at radius 2 is 1.63 bits per heavy atom. The van der Waals surface area contributed by atoms with Gasteiger partial charge in [0.2, 0.25) is 5.91 Å². The first-order valence-electron chi connectivity index (χ1n) is 9.59. The van der Waals surface area contributed by atoms with Gasteiger partial charge in [-0.15, -0.1) is 0 Å². The van der Waals surface area contributed by atoms with Crippen molar-refractivity contribution < 1.29 is 14.0 Å². The van der Waals surface area contributed by atoms with Crippen molar-refractivity contribution in [2.75, 3.05) is 27.7 Å². The fraction of sp³-hybridized carbons (Fsp3) is 0.318. The number of guanidine groups is 1. The van der Waals surface area contributed by atoms with E-state index >= 15 is 0 Å². The molecule has 0 radical (unpaired) electrons. The molecule has 2 amide bonds. The van der Waals surface area contributed by atoms with Crippen molar-refractivity contribution in [1.82, 2.24) is 15.5 Å². The average Bonchev–Trinajstić information content (AvgIpc) is 2.74. The summed E-state index contributed by atoms with van der Waals surface area (Å²) in [5, 5.41) is 6.27. The topological polar surface area (TPSA) is 99.8 Å². The molecule has 8 heteroatoms. The van der Waals surface area contributed by atoms with Crippen molar-refractivity contribution in [3.05, 3.63) is 71.0 Å². The van der Waals surface area contributed by atoms with E-state index in [9.17, 15) is 14.0 Å². The van der Waals surface area contributed by atoms with Crippen LogP contribution in [0.5, 0.6) is 0 Å². The Bertz CT molecular complexity index is 879. The van der Waals surface area contributed by atoms with Gasteiger partial charge in [-0.2, -0.15) is 0 Å². The third-order valence-corrected chi connectivity index (χ3v) is 4.60. The first kappa shape index (κ1) is 22.9. The Labute approximate surface area is 176 Å². The van der Waals surface area contributed by atoms with Crippen molar-refractivity contribution in [2.45, 2.75) is 13.0 Å². The standard InChI is InChI=1S/C22H28FN5O2/c1-25-22(26-13-16-4-8-17(9-5-16)21(30)28(2)3)27-14-18(20(24)29)12-15-6-10-19(23)11-7-15/h4-11,18H,12-14H2,1-3H3,(H2,24,29)(H2,25,26,27). The molecule has 30 heavy (non-hydrogen) atoms. The number of nitrogens with one attached hydrogen (secondary N) is 2. The molecule has 0 spiro atoms. The van der Waals surface area contributed by atoms with Crippen LogP contribution in [0.25, 0.3) is 0 Å². The van der Waals surface area contributed by atoms with E-state index in [4.69, 9.17) is 5.73 Å². The van der Waals surface area contributed by atoms with Crippen LogP contribution in [0.4, 0.5) is 4.39 Å². The van der Waals surface area contributed by atoms with Crippen LogP contribution < -0.4 is 16.4 Å². The number of carbonyl (C=O) groups excluding carboxylic acids is 2. The van der Waals surface area contributed by atoms with Crippen molar-refractivity contribution in [3.8, 4) is 0 Å². The van der Waals surface area contributed by atoms with Gasteiger partial charge in [0.1, 0.15) is 5.82 Å². The summed E-state index contributed by atoms with van der Waals surface area (Å²) in [6, 6.07) is 13.3. The van der Waals surface area contributed by atoms with E-state index in [-0.39, 0.29) is 11.7 Å². The Morgan fingerprint density at radius 1 is 1.03 bits per heavy atom. The molecule has 0 aliphatic carbocycles. The van der Waals surface area contributed by atoms with Gasteiger partial charge in [-0.05, 0) is 41.8 Å². The zero-order chi connectivity index (χ0) is 22.1. The largest absolute Gasteiger partial charge is 0.369 e. The summed E-state index contributed by atoms with van der Waals surface area (Å²) in [7, 11) is 5.05. The molecule has 7 nitrogen and oxygen atoms in total. The van der Waals surface area contributed by atoms with Crippen molar-refractivity contribution in [1.29, 1.82) is 0 Å². The first-order valence-corrected chi connectivity index (χ1v) is 9.59. The average molecular weight is 413 g/mol. The number of amides is 2. The second-order valence-electron chi connectivity index (χ2n) is 7.13. The molecule has 0 saturated heterocycles. The fourth-order valence-corrected chi connectivity index (χ4v) is 2.83. The first-order chi connectivity index (χ1) is 14.3. The highest BCUT2D eigenvalue weighted by Gasteiger charge is 2.17. The number of aliphatic imine (C=N–C) groups is 1. The van der Waals surface area contributed by atoms with Crippen molar-refractivity contribution in [2.24, 2.45) is 16.6 Å². The van der Waals surface area contributed by atoms with E-state index in [1.807, 2.05) is 12.1 Å². The molecule has 2 rings (SSSR count). The van der Waals surface area contributed by atoms with Crippen LogP contribution in [-0.2, 0) is 17.8 Å². The highest BCUT2D eigenvalue weighted by atomic mass is 19.1. The number of hydrogen-bond acceptors (Lipinski definition) is 3. The van der Waals surface area contributed by atoms with Crippen LogP contribution >= 0.6 is 0 Å². The number of hydrogen-bond donors (Lipinski definition) is 3. The Hall–Kier alpha value is -3.42. The number of primary amides is 1. The predicted octanol–water partition coefficient (Wildman–Crippen LogP) is 1.54. The predicted molar refractivity (Wildman–Crippen MR) is 115 cm³/mol. The van der Waals surface area contributed by atoms with Gasteiger partial charge < -0.3 is 21.3 Å². The Kier molecular flexibility index (Phi) is 8.34. The number of nitrogens with two attached hydrogens (primary N) is 1. The highest BCUT2D eigenvalue weighted by molar-refractivity contribution is 5.93. The molecular formula is C22H28FN5O2. The van der Waals surface area contributed by atoms with E-state index in [0.717, 1.165) is 11.1 Å². The molecule has 0 aliphatic rings. The lowest BCUT2D eigenvalue weighted by molar-refractivity contribution is -0.121. The van der Waals surface area contributed by atoms with Crippen LogP contribution in [0.1, 0.15) is 21.5 Å². The Balaban J connectivity index is 1.89. The minimum absolute atomic E-state index is 0.0503. The molecule has 0 fully saturated rings. The lowest BCUT2D eigenvalue weighted by Crippen LogP contribution is -2.42. The Morgan fingerprint density at radius 3 is 2.17 bits per heavy atom. The van der Waals surface area contributed by atoms with Crippen molar-refractivity contribution in [3.63, 3.8) is 0 Å². The maximum atomic E-state index is 13.1. The third-order valence-electron chi connectivity index (χ3n) is 4.60. The van der Waals surface area contributed by atoms with Gasteiger partial charge in [0.15, 0.2) is 5.96 Å². The smallest absolute Gasteiger partial charge is 0.253 e. The maximum absolute atomic E-state index is 13.1. The lowest BCUT2D eigenvalue weighted by atomic mass is 9.98. The van der Waals surface area contributed by atoms with Gasteiger partial charge in [-0.3, -0.25) is 14.6 Å². The summed E-state index contributed by atoms with van der Waals surface area (Å²) < 4.78 is 13.1. The van der Waals surface area contributed by atoms with E-state index in [1.54, 1.807) is 45.4 Å². The molecule has 0 bridgehead atoms. The third kappa shape index (κ3) is 6.88. The minimum atomic E-state index is -0.467. The summed E-state index contributed by atoms with van der Waals surface area (Å²) in [5.74, 6) is -0.760. The number of rotatable bonds is 8. The highest BCUT2D eigenvalue weighted by Crippen LogP contribution is 2.10. The molecule has 0 heterocycles. The summed E-state index contributed by atoms with van der Waals surface area (Å²) >= 11 is 0. The second-order valence-corrected chi connectivity index (χ2v) is 7.13. The van der Waals surface area contributed by atoms with Crippen LogP contribution in [0.3, 0.4) is 0 Å². The molecule has 1 atom stereocenters. The second kappa shape index (κ2) is 10.9. The van der Waals surface area contributed by atoms with Gasteiger partial charge in [-0.25, -0.2) is 4.39 Å². The van der Waals surface area contributed by atoms with Gasteiger partial charge in [0, 0.05) is 39.8 Å². The normalized spacial score (nSPS) is 12.2. The number of carbonyl (C=O) groups is 2. The van der Waals surface area contributed by atoms with Crippen molar-refractivity contribution >= 4 is 17.8 Å². The van der Waals surface area contributed by atoms with Crippen LogP contribution in [-0.4, -0.2) is 50.4 Å². The zero-order valence-corrected chi connectivity index (χ0v) is 17.5. The van der Waals surface area contributed by atoms with Crippen LogP contribution in [0.15, 0.2) is 53.5 Å². The summed E-state index contributed by atoms with van der Waals surface area (Å²) in [4.78, 5) is 29.4. The SMILES string of the molecule is CN=C(NCc1ccc(C(=O)N(C)C)cc1)NCC(Cc1ccc(F)cc1)C(N)=O. The zero-order valence-electron chi connectivity index (χ0n) is 17.5. The van der Waals surface area contributed by atoms with Gasteiger partial charge in [0.05, 0.1) is 5.92 Å². The monoisotopic (exact) mass is 413 g/mol. The molecule has 160 valence electrons. The van der Waals surface area contributed by atoms with Crippen LogP contribution in [0, 0.1) is 11.7 Å². The van der Waals surface area contributed by atoms with Gasteiger partial charge >= 0.3 is 0 Å². The number of nitrogens with zero attached hydrogens (tertiary/aromatic N) is 2. The van der Waals surface area contributed by atoms with E-state index in [1.165, 1.54) is 17.0 Å². The number of halogens is 1. The van der Waals surface area contributed by atoms with E-state index < -0.39 is 11.8 Å². The summed E-state index contributed by atoms with van der Waals surface area (Å²) in [5.41, 5.74) is 7.95. The fourth-order valence-electron chi connectivity index (χ4n) is 2.83. The molecule has 2 aromatic rings. The molecular weight excluding hydrogens is 385 g/mol. The lowest BCUT2D eigenvalue weighted by Gasteiger charge is -2.17.